The van der Waals surface area contributed by atoms with Crippen molar-refractivity contribution < 1.29 is 31.8 Å². The number of rotatable bonds is 6. The van der Waals surface area contributed by atoms with E-state index in [2.05, 4.69) is 15.0 Å². The summed E-state index contributed by atoms with van der Waals surface area (Å²) in [5.41, 5.74) is 0.202. The van der Waals surface area contributed by atoms with Crippen molar-refractivity contribution >= 4 is 5.91 Å². The first kappa shape index (κ1) is 19.2. The van der Waals surface area contributed by atoms with Crippen LogP contribution in [0.1, 0.15) is 18.4 Å². The lowest BCUT2D eigenvalue weighted by Crippen LogP contribution is -2.41. The second-order valence-corrected chi connectivity index (χ2v) is 5.70. The number of aromatic nitrogens is 1. The van der Waals surface area contributed by atoms with E-state index in [-0.39, 0.29) is 29.9 Å². The SMILES string of the molecule is COc1nc(OCC(F)(F)F)c(F)cc1CNC(=O)[C@@H]1CCCN1C. The number of carbonyl (C=O) groups is 1. The van der Waals surface area contributed by atoms with E-state index in [9.17, 15) is 22.4 Å². The fourth-order valence-electron chi connectivity index (χ4n) is 2.59. The molecular formula is C15H19F4N3O3. The number of ether oxygens (including phenoxy) is 2. The summed E-state index contributed by atoms with van der Waals surface area (Å²) >= 11 is 0. The number of likely N-dealkylation sites (tertiary alicyclic amines) is 1. The first-order valence-corrected chi connectivity index (χ1v) is 7.62. The lowest BCUT2D eigenvalue weighted by atomic mass is 10.2. The Hall–Kier alpha value is -2.10. The van der Waals surface area contributed by atoms with Crippen LogP contribution in [0.15, 0.2) is 6.07 Å². The minimum atomic E-state index is -4.61. The zero-order chi connectivity index (χ0) is 18.6. The van der Waals surface area contributed by atoms with E-state index in [1.54, 1.807) is 0 Å². The number of nitrogens with zero attached hydrogens (tertiary/aromatic N) is 2. The molecule has 0 saturated carbocycles. The molecule has 10 heteroatoms. The van der Waals surface area contributed by atoms with Crippen LogP contribution in [0.25, 0.3) is 0 Å². The number of methoxy groups -OCH3 is 1. The smallest absolute Gasteiger partial charge is 0.422 e. The summed E-state index contributed by atoms with van der Waals surface area (Å²) < 4.78 is 59.7. The highest BCUT2D eigenvalue weighted by atomic mass is 19.4. The van der Waals surface area contributed by atoms with E-state index in [4.69, 9.17) is 4.74 Å². The third-order valence-corrected chi connectivity index (χ3v) is 3.83. The van der Waals surface area contributed by atoms with Crippen LogP contribution < -0.4 is 14.8 Å². The number of halogens is 4. The Morgan fingerprint density at radius 1 is 1.44 bits per heavy atom. The topological polar surface area (TPSA) is 63.7 Å². The third kappa shape index (κ3) is 5.18. The van der Waals surface area contributed by atoms with Crippen molar-refractivity contribution in [2.45, 2.75) is 31.6 Å². The number of nitrogens with one attached hydrogen (secondary N) is 1. The second-order valence-electron chi connectivity index (χ2n) is 5.70. The maximum absolute atomic E-state index is 13.9. The maximum Gasteiger partial charge on any atom is 0.422 e. The van der Waals surface area contributed by atoms with E-state index < -0.39 is 24.5 Å². The molecule has 1 fully saturated rings. The van der Waals surface area contributed by atoms with Gasteiger partial charge in [0.1, 0.15) is 0 Å². The van der Waals surface area contributed by atoms with Crippen molar-refractivity contribution in [3.63, 3.8) is 0 Å². The molecule has 0 unspecified atom stereocenters. The molecule has 25 heavy (non-hydrogen) atoms. The van der Waals surface area contributed by atoms with Crippen LogP contribution in [0.2, 0.25) is 0 Å². The van der Waals surface area contributed by atoms with Crippen molar-refractivity contribution in [2.24, 2.45) is 0 Å². The van der Waals surface area contributed by atoms with Crippen LogP contribution in [-0.2, 0) is 11.3 Å². The normalized spacial score (nSPS) is 18.2. The number of likely N-dealkylation sites (N-methyl/N-ethyl adjacent to an activating group) is 1. The molecule has 1 saturated heterocycles. The van der Waals surface area contributed by atoms with Crippen molar-refractivity contribution in [3.05, 3.63) is 17.4 Å². The van der Waals surface area contributed by atoms with Gasteiger partial charge in [0.15, 0.2) is 12.4 Å². The molecule has 1 aromatic heterocycles. The zero-order valence-electron chi connectivity index (χ0n) is 13.8. The van der Waals surface area contributed by atoms with E-state index in [1.165, 1.54) is 7.11 Å². The summed E-state index contributed by atoms with van der Waals surface area (Å²) in [4.78, 5) is 17.7. The number of hydrogen-bond acceptors (Lipinski definition) is 5. The summed E-state index contributed by atoms with van der Waals surface area (Å²) in [7, 11) is 3.08. The van der Waals surface area contributed by atoms with Gasteiger partial charge in [-0.15, -0.1) is 0 Å². The Balaban J connectivity index is 2.05. The Kier molecular flexibility index (Phi) is 6.04. The molecular weight excluding hydrogens is 346 g/mol. The standard InChI is InChI=1S/C15H19F4N3O3/c1-22-5-3-4-11(22)12(23)20-7-9-6-10(16)14(21-13(9)24-2)25-8-15(17,18)19/h6,11H,3-5,7-8H2,1-2H3,(H,20,23)/t11-/m0/s1. The van der Waals surface area contributed by atoms with Crippen LogP contribution in [-0.4, -0.2) is 55.3 Å². The van der Waals surface area contributed by atoms with Crippen molar-refractivity contribution in [2.75, 3.05) is 27.3 Å². The van der Waals surface area contributed by atoms with Crippen molar-refractivity contribution in [1.29, 1.82) is 0 Å². The number of hydrogen-bond donors (Lipinski definition) is 1. The molecule has 1 aliphatic rings. The predicted octanol–water partition coefficient (Wildman–Crippen LogP) is 1.88. The summed E-state index contributed by atoms with van der Waals surface area (Å²) in [6.45, 7) is -0.900. The van der Waals surface area contributed by atoms with Gasteiger partial charge in [-0.3, -0.25) is 9.69 Å². The van der Waals surface area contributed by atoms with Gasteiger partial charge >= 0.3 is 6.18 Å². The lowest BCUT2D eigenvalue weighted by molar-refractivity contribution is -0.154. The van der Waals surface area contributed by atoms with Gasteiger partial charge in [-0.1, -0.05) is 0 Å². The van der Waals surface area contributed by atoms with E-state index >= 15 is 0 Å². The summed E-state index contributed by atoms with van der Waals surface area (Å²) in [6.07, 6.45) is -2.96. The van der Waals surface area contributed by atoms with Crippen LogP contribution >= 0.6 is 0 Å². The molecule has 140 valence electrons. The van der Waals surface area contributed by atoms with Crippen LogP contribution in [0.4, 0.5) is 17.6 Å². The molecule has 0 aromatic carbocycles. The van der Waals surface area contributed by atoms with Crippen LogP contribution in [0.5, 0.6) is 11.8 Å². The lowest BCUT2D eigenvalue weighted by Gasteiger charge is -2.19. The number of carbonyl (C=O) groups excluding carboxylic acids is 1. The summed E-state index contributed by atoms with van der Waals surface area (Å²) in [6, 6.07) is 0.689. The molecule has 6 nitrogen and oxygen atoms in total. The van der Waals surface area contributed by atoms with Crippen LogP contribution in [0.3, 0.4) is 0 Å². The highest BCUT2D eigenvalue weighted by molar-refractivity contribution is 5.82. The van der Waals surface area contributed by atoms with E-state index in [0.717, 1.165) is 25.5 Å². The second kappa shape index (κ2) is 7.85. The Morgan fingerprint density at radius 3 is 2.72 bits per heavy atom. The molecule has 2 rings (SSSR count). The van der Waals surface area contributed by atoms with E-state index in [1.807, 2.05) is 11.9 Å². The van der Waals surface area contributed by atoms with Gasteiger partial charge in [0, 0.05) is 12.1 Å². The highest BCUT2D eigenvalue weighted by Gasteiger charge is 2.30. The first-order chi connectivity index (χ1) is 11.7. The Bertz CT molecular complexity index is 625. The van der Waals surface area contributed by atoms with Gasteiger partial charge in [0.25, 0.3) is 5.88 Å². The maximum atomic E-state index is 13.9. The Labute approximate surface area is 142 Å². The molecule has 1 atom stereocenters. The first-order valence-electron chi connectivity index (χ1n) is 7.62. The zero-order valence-corrected chi connectivity index (χ0v) is 13.8. The van der Waals surface area contributed by atoms with Gasteiger partial charge in [-0.25, -0.2) is 4.39 Å². The largest absolute Gasteiger partial charge is 0.481 e. The molecule has 2 heterocycles. The molecule has 1 N–H and O–H groups in total. The average molecular weight is 365 g/mol. The molecule has 1 amide bonds. The highest BCUT2D eigenvalue weighted by Crippen LogP contribution is 2.25. The fraction of sp³-hybridized carbons (Fsp3) is 0.600. The molecule has 1 aromatic rings. The van der Waals surface area contributed by atoms with Crippen LogP contribution in [0, 0.1) is 5.82 Å². The fourth-order valence-corrected chi connectivity index (χ4v) is 2.59. The summed E-state index contributed by atoms with van der Waals surface area (Å²) in [5, 5.41) is 2.66. The third-order valence-electron chi connectivity index (χ3n) is 3.83. The van der Waals surface area contributed by atoms with Gasteiger partial charge < -0.3 is 14.8 Å². The Morgan fingerprint density at radius 2 is 2.16 bits per heavy atom. The molecule has 1 aliphatic heterocycles. The number of pyridine rings is 1. The monoisotopic (exact) mass is 365 g/mol. The molecule has 0 aliphatic carbocycles. The molecule has 0 spiro atoms. The number of amides is 1. The van der Waals surface area contributed by atoms with Gasteiger partial charge in [-0.2, -0.15) is 18.2 Å². The minimum Gasteiger partial charge on any atom is -0.481 e. The van der Waals surface area contributed by atoms with Crippen molar-refractivity contribution in [3.8, 4) is 11.8 Å². The molecule has 0 bridgehead atoms. The van der Waals surface area contributed by atoms with Gasteiger partial charge in [-0.05, 0) is 32.5 Å². The average Bonchev–Trinajstić information content (AvgIpc) is 2.96. The number of alkyl halides is 3. The molecule has 0 radical (unpaired) electrons. The minimum absolute atomic E-state index is 0.0597. The van der Waals surface area contributed by atoms with Gasteiger partial charge in [0.05, 0.1) is 13.2 Å². The predicted molar refractivity (Wildman–Crippen MR) is 79.8 cm³/mol. The van der Waals surface area contributed by atoms with Gasteiger partial charge in [0.2, 0.25) is 11.8 Å². The quantitative estimate of drug-likeness (QED) is 0.780. The summed E-state index contributed by atoms with van der Waals surface area (Å²) in [5.74, 6) is -2.19. The van der Waals surface area contributed by atoms with E-state index in [0.29, 0.717) is 0 Å². The van der Waals surface area contributed by atoms with Crippen molar-refractivity contribution in [1.82, 2.24) is 15.2 Å².